The Morgan fingerprint density at radius 2 is 1.93 bits per heavy atom. The molecule has 0 fully saturated rings. The number of aryl methyl sites for hydroxylation is 1. The van der Waals surface area contributed by atoms with Gasteiger partial charge in [-0.05, 0) is 35.7 Å². The molecule has 12 heteroatoms. The molecule has 0 aliphatic carbocycles. The zero-order valence-electron chi connectivity index (χ0n) is 25.3. The van der Waals surface area contributed by atoms with Crippen molar-refractivity contribution >= 4 is 38.2 Å². The summed E-state index contributed by atoms with van der Waals surface area (Å²) in [6.45, 7) is 5.43. The van der Waals surface area contributed by atoms with E-state index in [1.165, 1.54) is 30.6 Å². The number of hydrogen-bond donors (Lipinski definition) is 0. The average Bonchev–Trinajstić information content (AvgIpc) is 3.76. The second-order valence-electron chi connectivity index (χ2n) is 11.0. The number of ether oxygens (including phenoxy) is 2. The molecule has 7 rings (SSSR count). The lowest BCUT2D eigenvalue weighted by molar-refractivity contribution is -0.126. The summed E-state index contributed by atoms with van der Waals surface area (Å²) in [7, 11) is 3.42. The number of rotatable bonds is 8. The number of fused-ring (bicyclic) bond motifs is 3. The first kappa shape index (κ1) is 29.8. The van der Waals surface area contributed by atoms with Gasteiger partial charge in [0.15, 0.2) is 0 Å². The Morgan fingerprint density at radius 1 is 1.07 bits per heavy atom. The molecule has 0 N–H and O–H groups in total. The van der Waals surface area contributed by atoms with Crippen molar-refractivity contribution < 1.29 is 23.0 Å². The fourth-order valence-electron chi connectivity index (χ4n) is 6.01. The molecule has 0 radical (unpaired) electrons. The number of methoxy groups -OCH3 is 1. The first-order chi connectivity index (χ1) is 22.4. The minimum atomic E-state index is -0.769. The topological polar surface area (TPSA) is 87.3 Å². The molecular formula is C34H30F2N6O3S. The smallest absolute Gasteiger partial charge is 0.246 e. The average molecular weight is 641 g/mol. The summed E-state index contributed by atoms with van der Waals surface area (Å²) in [4.78, 5) is 19.3. The van der Waals surface area contributed by atoms with Crippen LogP contribution in [0.15, 0.2) is 66.7 Å². The lowest BCUT2D eigenvalue weighted by atomic mass is 9.96. The van der Waals surface area contributed by atoms with Gasteiger partial charge >= 0.3 is 0 Å². The summed E-state index contributed by atoms with van der Waals surface area (Å²) in [6, 6.07) is 12.0. The second kappa shape index (κ2) is 12.1. The van der Waals surface area contributed by atoms with Gasteiger partial charge in [-0.3, -0.25) is 14.2 Å². The van der Waals surface area contributed by atoms with E-state index in [1.807, 2.05) is 58.3 Å². The molecular weight excluding hydrogens is 610 g/mol. The number of carbonyl (C=O) groups excluding carboxylic acids is 1. The van der Waals surface area contributed by atoms with E-state index in [4.69, 9.17) is 19.6 Å². The minimum absolute atomic E-state index is 0.0520. The first-order valence-corrected chi connectivity index (χ1v) is 15.7. The number of hydrogen-bond acceptors (Lipinski definition) is 7. The number of benzene rings is 2. The Labute approximate surface area is 267 Å². The van der Waals surface area contributed by atoms with E-state index in [9.17, 15) is 9.18 Å². The molecule has 4 aromatic heterocycles. The van der Waals surface area contributed by atoms with Crippen LogP contribution < -0.4 is 4.74 Å². The third-order valence-corrected chi connectivity index (χ3v) is 9.19. The highest BCUT2D eigenvalue weighted by atomic mass is 32.1. The van der Waals surface area contributed by atoms with Crippen LogP contribution in [0.5, 0.6) is 5.75 Å². The van der Waals surface area contributed by atoms with Crippen LogP contribution in [0.3, 0.4) is 0 Å². The molecule has 5 heterocycles. The van der Waals surface area contributed by atoms with Crippen molar-refractivity contribution in [3.8, 4) is 39.5 Å². The van der Waals surface area contributed by atoms with Crippen LogP contribution in [0.25, 0.3) is 54.8 Å². The van der Waals surface area contributed by atoms with Crippen molar-refractivity contribution in [3.05, 3.63) is 84.0 Å². The zero-order valence-corrected chi connectivity index (χ0v) is 26.1. The Morgan fingerprint density at radius 3 is 2.76 bits per heavy atom. The third-order valence-electron chi connectivity index (χ3n) is 8.25. The van der Waals surface area contributed by atoms with Crippen molar-refractivity contribution in [2.45, 2.75) is 13.0 Å². The molecule has 0 saturated heterocycles. The highest BCUT2D eigenvalue weighted by Gasteiger charge is 2.28. The van der Waals surface area contributed by atoms with Gasteiger partial charge in [-0.1, -0.05) is 12.6 Å². The summed E-state index contributed by atoms with van der Waals surface area (Å²) < 4.78 is 46.1. The lowest BCUT2D eigenvalue weighted by Gasteiger charge is -2.18. The minimum Gasteiger partial charge on any atom is -0.490 e. The normalized spacial score (nSPS) is 13.3. The third kappa shape index (κ3) is 5.23. The summed E-state index contributed by atoms with van der Waals surface area (Å²) in [5.74, 6) is -1.59. The SMILES string of the molecule is C=CC(=O)N1CCc2cc(-c3nc(-c4ccc5c(cnn5C)c4)c4ccsc4c3-c3c(F)cc(F)cc3OCCOC)nn2CC1. The van der Waals surface area contributed by atoms with E-state index in [-0.39, 0.29) is 30.4 Å². The van der Waals surface area contributed by atoms with Crippen LogP contribution in [-0.2, 0) is 29.5 Å². The number of pyridine rings is 1. The van der Waals surface area contributed by atoms with E-state index < -0.39 is 11.6 Å². The second-order valence-corrected chi connectivity index (χ2v) is 11.9. The summed E-state index contributed by atoms with van der Waals surface area (Å²) in [5.41, 5.74) is 5.03. The number of aromatic nitrogens is 5. The molecule has 9 nitrogen and oxygen atoms in total. The molecule has 0 bridgehead atoms. The van der Waals surface area contributed by atoms with Crippen molar-refractivity contribution in [1.29, 1.82) is 0 Å². The van der Waals surface area contributed by atoms with Crippen LogP contribution in [0.2, 0.25) is 0 Å². The largest absolute Gasteiger partial charge is 0.490 e. The highest BCUT2D eigenvalue weighted by Crippen LogP contribution is 2.47. The Bertz CT molecular complexity index is 2110. The summed E-state index contributed by atoms with van der Waals surface area (Å²) in [6.07, 6.45) is 3.70. The maximum Gasteiger partial charge on any atom is 0.246 e. The Kier molecular flexibility index (Phi) is 7.83. The standard InChI is InChI=1S/C34H30F2N6O3S/c1-4-29(43)41-9-7-23-18-26(39-42(23)11-10-41)33-31(30-25(36)16-22(35)17-28(30)45-13-12-44-3)34-24(8-14-46-34)32(38-33)20-5-6-27-21(15-20)19-37-40(27)2/h4-6,8,14-19H,1,7,9-13H2,2-3H3. The molecule has 2 aromatic carbocycles. The molecule has 1 aliphatic heterocycles. The molecule has 6 aromatic rings. The first-order valence-electron chi connectivity index (χ1n) is 14.8. The number of thiophene rings is 1. The predicted molar refractivity (Wildman–Crippen MR) is 174 cm³/mol. The monoisotopic (exact) mass is 640 g/mol. The zero-order chi connectivity index (χ0) is 31.9. The van der Waals surface area contributed by atoms with Gasteiger partial charge in [-0.25, -0.2) is 13.8 Å². The van der Waals surface area contributed by atoms with Gasteiger partial charge in [0.25, 0.3) is 0 Å². The number of halogens is 2. The molecule has 1 amide bonds. The molecule has 234 valence electrons. The summed E-state index contributed by atoms with van der Waals surface area (Å²) in [5, 5.41) is 13.0. The van der Waals surface area contributed by atoms with Gasteiger partial charge in [-0.2, -0.15) is 10.2 Å². The predicted octanol–water partition coefficient (Wildman–Crippen LogP) is 6.25. The fraction of sp³-hybridized carbons (Fsp3) is 0.235. The van der Waals surface area contributed by atoms with Crippen LogP contribution in [0.4, 0.5) is 8.78 Å². The van der Waals surface area contributed by atoms with Gasteiger partial charge < -0.3 is 14.4 Å². The quantitative estimate of drug-likeness (QED) is 0.144. The van der Waals surface area contributed by atoms with E-state index in [0.717, 1.165) is 38.3 Å². The number of amides is 1. The summed E-state index contributed by atoms with van der Waals surface area (Å²) >= 11 is 1.44. The number of carbonyl (C=O) groups is 1. The van der Waals surface area contributed by atoms with Gasteiger partial charge in [0.1, 0.15) is 35.4 Å². The van der Waals surface area contributed by atoms with E-state index in [1.54, 1.807) is 4.90 Å². The maximum absolute atomic E-state index is 16.0. The van der Waals surface area contributed by atoms with Gasteiger partial charge in [-0.15, -0.1) is 11.3 Å². The number of nitrogens with zero attached hydrogens (tertiary/aromatic N) is 6. The fourth-order valence-corrected chi connectivity index (χ4v) is 6.96. The van der Waals surface area contributed by atoms with Crippen LogP contribution in [-0.4, -0.2) is 68.8 Å². The molecule has 1 aliphatic rings. The van der Waals surface area contributed by atoms with Crippen molar-refractivity contribution in [2.75, 3.05) is 33.4 Å². The van der Waals surface area contributed by atoms with Crippen LogP contribution in [0, 0.1) is 11.6 Å². The van der Waals surface area contributed by atoms with E-state index in [0.29, 0.717) is 48.7 Å². The molecule has 0 saturated carbocycles. The molecule has 0 spiro atoms. The maximum atomic E-state index is 16.0. The van der Waals surface area contributed by atoms with Gasteiger partial charge in [0.2, 0.25) is 5.91 Å². The van der Waals surface area contributed by atoms with E-state index in [2.05, 4.69) is 11.7 Å². The molecule has 0 atom stereocenters. The van der Waals surface area contributed by atoms with Crippen molar-refractivity contribution in [2.24, 2.45) is 7.05 Å². The van der Waals surface area contributed by atoms with Crippen LogP contribution in [0.1, 0.15) is 5.69 Å². The highest BCUT2D eigenvalue weighted by molar-refractivity contribution is 7.18. The van der Waals surface area contributed by atoms with Crippen LogP contribution >= 0.6 is 11.3 Å². The van der Waals surface area contributed by atoms with Crippen molar-refractivity contribution in [3.63, 3.8) is 0 Å². The van der Waals surface area contributed by atoms with Gasteiger partial charge in [0, 0.05) is 78.1 Å². The molecule has 0 unspecified atom stereocenters. The Hall–Kier alpha value is -4.94. The Balaban J connectivity index is 1.46. The molecule has 46 heavy (non-hydrogen) atoms. The van der Waals surface area contributed by atoms with Gasteiger partial charge in [0.05, 0.1) is 36.1 Å². The lowest BCUT2D eigenvalue weighted by Crippen LogP contribution is -2.32. The van der Waals surface area contributed by atoms with Crippen molar-refractivity contribution in [1.82, 2.24) is 29.4 Å². The van der Waals surface area contributed by atoms with E-state index >= 15 is 4.39 Å².